The molecule has 10 heteroatoms. The quantitative estimate of drug-likeness (QED) is 0.155. The highest BCUT2D eigenvalue weighted by molar-refractivity contribution is 6.05. The van der Waals surface area contributed by atoms with E-state index >= 15 is 0 Å². The minimum Gasteiger partial charge on any atom is -0.493 e. The molecule has 1 aromatic heterocycles. The van der Waals surface area contributed by atoms with Crippen LogP contribution in [0.5, 0.6) is 5.75 Å². The molecule has 0 spiro atoms. The third-order valence-electron chi connectivity index (χ3n) is 5.38. The largest absolute Gasteiger partial charge is 0.493 e. The Kier molecular flexibility index (Phi) is 7.37. The number of aromatic nitrogens is 1. The van der Waals surface area contributed by atoms with Gasteiger partial charge in [-0.25, -0.2) is 4.98 Å². The zero-order valence-electron chi connectivity index (χ0n) is 19.2. The third kappa shape index (κ3) is 5.93. The van der Waals surface area contributed by atoms with Crippen molar-refractivity contribution in [2.24, 2.45) is 5.84 Å². The monoisotopic (exact) mass is 484 g/mol. The van der Waals surface area contributed by atoms with Gasteiger partial charge in [0, 0.05) is 35.4 Å². The Balaban J connectivity index is 1.47. The number of nitro benzene ring substituents is 1. The number of carbonyl (C=O) groups is 1. The Labute approximate surface area is 207 Å². The highest BCUT2D eigenvalue weighted by atomic mass is 16.6. The molecule has 0 fully saturated rings. The molecule has 10 nitrogen and oxygen atoms in total. The first-order valence-corrected chi connectivity index (χ1v) is 11.0. The highest BCUT2D eigenvalue weighted by Gasteiger charge is 2.17. The van der Waals surface area contributed by atoms with E-state index in [9.17, 15) is 14.9 Å². The fourth-order valence-electron chi connectivity index (χ4n) is 3.52. The maximum atomic E-state index is 12.9. The summed E-state index contributed by atoms with van der Waals surface area (Å²) in [7, 11) is 0. The van der Waals surface area contributed by atoms with Crippen molar-refractivity contribution in [2.75, 3.05) is 23.1 Å². The van der Waals surface area contributed by atoms with Gasteiger partial charge < -0.3 is 21.2 Å². The Morgan fingerprint density at radius 3 is 2.42 bits per heavy atom. The number of ether oxygens (including phenoxy) is 1. The molecule has 0 bridgehead atoms. The van der Waals surface area contributed by atoms with Crippen molar-refractivity contribution >= 4 is 28.8 Å². The molecule has 0 aliphatic rings. The number of hydrogen-bond acceptors (Lipinski definition) is 8. The van der Waals surface area contributed by atoms with Crippen molar-refractivity contribution in [2.45, 2.75) is 6.42 Å². The predicted molar refractivity (Wildman–Crippen MR) is 139 cm³/mol. The second-order valence-electron chi connectivity index (χ2n) is 7.86. The van der Waals surface area contributed by atoms with Gasteiger partial charge in [0.15, 0.2) is 0 Å². The third-order valence-corrected chi connectivity index (χ3v) is 5.38. The molecule has 1 heterocycles. The van der Waals surface area contributed by atoms with E-state index in [1.807, 2.05) is 30.3 Å². The smallest absolute Gasteiger partial charge is 0.270 e. The van der Waals surface area contributed by atoms with Gasteiger partial charge in [0.25, 0.3) is 11.6 Å². The van der Waals surface area contributed by atoms with E-state index in [1.54, 1.807) is 36.4 Å². The molecule has 4 rings (SSSR count). The van der Waals surface area contributed by atoms with Crippen LogP contribution in [0.4, 0.5) is 22.9 Å². The second-order valence-corrected chi connectivity index (χ2v) is 7.86. The lowest BCUT2D eigenvalue weighted by Gasteiger charge is -2.10. The lowest BCUT2D eigenvalue weighted by atomic mass is 10.0. The Hall–Kier alpha value is -4.96. The molecule has 0 radical (unpaired) electrons. The summed E-state index contributed by atoms with van der Waals surface area (Å²) in [6.07, 6.45) is 0.778. The zero-order chi connectivity index (χ0) is 25.5. The minimum absolute atomic E-state index is 0.101. The van der Waals surface area contributed by atoms with E-state index < -0.39 is 10.8 Å². The van der Waals surface area contributed by atoms with Crippen LogP contribution in [0.3, 0.4) is 0 Å². The van der Waals surface area contributed by atoms with Gasteiger partial charge in [-0.2, -0.15) is 0 Å². The van der Waals surface area contributed by atoms with Crippen molar-refractivity contribution in [3.05, 3.63) is 106 Å². The van der Waals surface area contributed by atoms with Gasteiger partial charge >= 0.3 is 0 Å². The number of nitrogens with one attached hydrogen (secondary N) is 2. The van der Waals surface area contributed by atoms with Crippen LogP contribution in [0.15, 0.2) is 84.9 Å². The molecule has 182 valence electrons. The van der Waals surface area contributed by atoms with Gasteiger partial charge in [-0.1, -0.05) is 30.3 Å². The topological polar surface area (TPSA) is 158 Å². The summed E-state index contributed by atoms with van der Waals surface area (Å²) in [5, 5.41) is 14.2. The minimum atomic E-state index is -0.568. The van der Waals surface area contributed by atoms with Crippen LogP contribution in [0, 0.1) is 10.1 Å². The molecule has 4 aromatic rings. The number of rotatable bonds is 9. The molecule has 3 aromatic carbocycles. The van der Waals surface area contributed by atoms with E-state index in [0.717, 1.165) is 6.42 Å². The lowest BCUT2D eigenvalue weighted by molar-refractivity contribution is -0.384. The Bertz CT molecular complexity index is 1380. The number of nitrogen functional groups attached to an aromatic ring is 2. The normalized spacial score (nSPS) is 10.5. The van der Waals surface area contributed by atoms with E-state index in [4.69, 9.17) is 16.3 Å². The SMILES string of the molecule is NNc1ccc(-c2cc(C(=O)Nc3ccc(OCCc4ccccc4)cc3)cc([N+](=O)[O-])c2)nc1N. The number of carbonyl (C=O) groups excluding carboxylic acids is 1. The Morgan fingerprint density at radius 2 is 1.75 bits per heavy atom. The predicted octanol–water partition coefficient (Wildman–Crippen LogP) is 4.40. The number of anilines is 3. The average molecular weight is 485 g/mol. The summed E-state index contributed by atoms with van der Waals surface area (Å²) < 4.78 is 5.77. The summed E-state index contributed by atoms with van der Waals surface area (Å²) in [6.45, 7) is 0.521. The van der Waals surface area contributed by atoms with Crippen molar-refractivity contribution in [3.8, 4) is 17.0 Å². The Morgan fingerprint density at radius 1 is 1.00 bits per heavy atom. The standard InChI is InChI=1S/C26H24N6O4/c27-25-24(31-28)11-10-23(30-25)18-14-19(16-21(15-18)32(34)35)26(33)29-20-6-8-22(9-7-20)36-13-12-17-4-2-1-3-5-17/h1-11,14-16,31H,12-13,28H2,(H2,27,30)(H,29,33). The van der Waals surface area contributed by atoms with Crippen LogP contribution >= 0.6 is 0 Å². The van der Waals surface area contributed by atoms with Gasteiger partial charge in [-0.05, 0) is 48.0 Å². The van der Waals surface area contributed by atoms with Gasteiger partial charge in [-0.15, -0.1) is 0 Å². The maximum Gasteiger partial charge on any atom is 0.270 e. The van der Waals surface area contributed by atoms with Crippen LogP contribution in [0.1, 0.15) is 15.9 Å². The zero-order valence-corrected chi connectivity index (χ0v) is 19.2. The number of hydrazine groups is 1. The van der Waals surface area contributed by atoms with Crippen LogP contribution < -0.4 is 27.1 Å². The fourth-order valence-corrected chi connectivity index (χ4v) is 3.52. The molecule has 0 unspecified atom stereocenters. The molecule has 36 heavy (non-hydrogen) atoms. The number of pyridine rings is 1. The van der Waals surface area contributed by atoms with E-state index in [2.05, 4.69) is 15.7 Å². The first-order valence-electron chi connectivity index (χ1n) is 11.0. The number of amides is 1. The summed E-state index contributed by atoms with van der Waals surface area (Å²) in [5.74, 6) is 5.66. The van der Waals surface area contributed by atoms with E-state index in [1.165, 1.54) is 23.8 Å². The number of nitro groups is 1. The summed E-state index contributed by atoms with van der Waals surface area (Å²) in [5.41, 5.74) is 11.0. The van der Waals surface area contributed by atoms with Crippen LogP contribution in [0.2, 0.25) is 0 Å². The first kappa shape index (κ1) is 24.2. The molecule has 0 saturated carbocycles. The van der Waals surface area contributed by atoms with Crippen LogP contribution in [-0.4, -0.2) is 22.4 Å². The van der Waals surface area contributed by atoms with E-state index in [-0.39, 0.29) is 17.1 Å². The molecule has 0 saturated heterocycles. The molecule has 0 aliphatic heterocycles. The van der Waals surface area contributed by atoms with Gasteiger partial charge in [0.2, 0.25) is 0 Å². The fraction of sp³-hybridized carbons (Fsp3) is 0.0769. The first-order chi connectivity index (χ1) is 17.4. The van der Waals surface area contributed by atoms with Crippen molar-refractivity contribution < 1.29 is 14.5 Å². The number of nitrogens with zero attached hydrogens (tertiary/aromatic N) is 2. The second kappa shape index (κ2) is 11.0. The number of hydrogen-bond donors (Lipinski definition) is 4. The van der Waals surface area contributed by atoms with Crippen LogP contribution in [0.25, 0.3) is 11.3 Å². The summed E-state index contributed by atoms with van der Waals surface area (Å²) >= 11 is 0. The molecule has 0 atom stereocenters. The molecule has 0 aliphatic carbocycles. The summed E-state index contributed by atoms with van der Waals surface area (Å²) in [4.78, 5) is 28.1. The van der Waals surface area contributed by atoms with Crippen LogP contribution in [-0.2, 0) is 6.42 Å². The number of benzene rings is 3. The lowest BCUT2D eigenvalue weighted by Crippen LogP contribution is -2.13. The van der Waals surface area contributed by atoms with Crippen molar-refractivity contribution in [3.63, 3.8) is 0 Å². The van der Waals surface area contributed by atoms with Gasteiger partial charge in [0.05, 0.1) is 22.9 Å². The number of non-ortho nitro benzene ring substituents is 1. The van der Waals surface area contributed by atoms with Gasteiger partial charge in [0.1, 0.15) is 11.6 Å². The molecular weight excluding hydrogens is 460 g/mol. The van der Waals surface area contributed by atoms with E-state index in [0.29, 0.717) is 35.0 Å². The highest BCUT2D eigenvalue weighted by Crippen LogP contribution is 2.28. The average Bonchev–Trinajstić information content (AvgIpc) is 2.90. The molecule has 6 N–H and O–H groups in total. The maximum absolute atomic E-state index is 12.9. The molecule has 1 amide bonds. The number of nitrogens with two attached hydrogens (primary N) is 2. The van der Waals surface area contributed by atoms with Gasteiger partial charge in [-0.3, -0.25) is 20.8 Å². The summed E-state index contributed by atoms with van der Waals surface area (Å²) in [6, 6.07) is 24.2. The van der Waals surface area contributed by atoms with Crippen molar-refractivity contribution in [1.82, 2.24) is 4.98 Å². The molecular formula is C26H24N6O4. The van der Waals surface area contributed by atoms with Crippen molar-refractivity contribution in [1.29, 1.82) is 0 Å².